The van der Waals surface area contributed by atoms with E-state index in [1.54, 1.807) is 25.1 Å². The fourth-order valence-electron chi connectivity index (χ4n) is 4.13. The summed E-state index contributed by atoms with van der Waals surface area (Å²) in [7, 11) is 0. The van der Waals surface area contributed by atoms with Crippen LogP contribution in [0.2, 0.25) is 0 Å². The molecule has 0 aliphatic rings. The van der Waals surface area contributed by atoms with Crippen molar-refractivity contribution in [3.8, 4) is 46.0 Å². The summed E-state index contributed by atoms with van der Waals surface area (Å²) in [6, 6.07) is 17.3. The van der Waals surface area contributed by atoms with Crippen LogP contribution in [0.15, 0.2) is 72.8 Å². The summed E-state index contributed by atoms with van der Waals surface area (Å²) in [5, 5.41) is 51.5. The van der Waals surface area contributed by atoms with Crippen molar-refractivity contribution in [3.05, 3.63) is 105 Å². The Hall–Kier alpha value is -6.05. The quantitative estimate of drug-likeness (QED) is 0.0926. The number of hydrogen-bond donors (Lipinski definition) is 5. The minimum atomic E-state index is -0.977. The molecule has 236 valence electrons. The summed E-state index contributed by atoms with van der Waals surface area (Å²) in [5.41, 5.74) is 1.79. The van der Waals surface area contributed by atoms with Gasteiger partial charge in [0.2, 0.25) is 0 Å². The number of nitrogens with one attached hydrogen (secondary N) is 1. The van der Waals surface area contributed by atoms with Crippen molar-refractivity contribution in [1.82, 2.24) is 5.32 Å². The zero-order chi connectivity index (χ0) is 32.3. The van der Waals surface area contributed by atoms with Gasteiger partial charge in [-0.2, -0.15) is 0 Å². The van der Waals surface area contributed by atoms with Gasteiger partial charge in [0.05, 0.1) is 0 Å². The zero-order valence-electron chi connectivity index (χ0n) is 24.0. The SMILES string of the molecule is CCNC(=O)OCc1cc(OCc2cc(OCc3cc(O)cc(O)c3)cc(OCc3cc(O)cc(O)c3)c2)ccc1O[N+](=O)[O-]. The van der Waals surface area contributed by atoms with Gasteiger partial charge in [-0.25, -0.2) is 4.79 Å². The molecule has 4 aromatic carbocycles. The molecule has 0 atom stereocenters. The Labute approximate surface area is 256 Å². The van der Waals surface area contributed by atoms with Crippen LogP contribution in [0.4, 0.5) is 4.79 Å². The normalized spacial score (nSPS) is 10.5. The van der Waals surface area contributed by atoms with Crippen molar-refractivity contribution in [3.63, 3.8) is 0 Å². The minimum Gasteiger partial charge on any atom is -0.508 e. The first kappa shape index (κ1) is 31.9. The highest BCUT2D eigenvalue weighted by Crippen LogP contribution is 2.30. The number of alkyl carbamates (subject to hydrolysis) is 1. The topological polar surface area (TPSA) is 199 Å². The van der Waals surface area contributed by atoms with E-state index >= 15 is 0 Å². The van der Waals surface area contributed by atoms with Crippen LogP contribution in [0, 0.1) is 10.1 Å². The van der Waals surface area contributed by atoms with Gasteiger partial charge in [0.15, 0.2) is 0 Å². The van der Waals surface area contributed by atoms with Crippen molar-refractivity contribution in [2.75, 3.05) is 6.54 Å². The third-order valence-corrected chi connectivity index (χ3v) is 5.97. The van der Waals surface area contributed by atoms with E-state index in [4.69, 9.17) is 18.9 Å². The highest BCUT2D eigenvalue weighted by molar-refractivity contribution is 5.67. The second kappa shape index (κ2) is 14.9. The lowest BCUT2D eigenvalue weighted by molar-refractivity contribution is -0.711. The Morgan fingerprint density at radius 1 is 0.689 bits per heavy atom. The average Bonchev–Trinajstić information content (AvgIpc) is 2.97. The second-order valence-corrected chi connectivity index (χ2v) is 9.58. The molecule has 0 fully saturated rings. The Bertz CT molecular complexity index is 1550. The van der Waals surface area contributed by atoms with E-state index in [2.05, 4.69) is 10.2 Å². The standard InChI is InChI=1S/C31H30N2O12/c1-2-32-31(38)44-18-22-11-27(3-4-30(22)45-33(39)40)41-17-21-9-28(42-15-19-5-23(34)12-24(35)6-19)14-29(10-21)43-16-20-7-25(36)13-26(37)8-20/h3-14,34-37H,2,15-18H2,1H3,(H,32,38). The number of amides is 1. The number of aromatic hydroxyl groups is 4. The van der Waals surface area contributed by atoms with E-state index in [1.807, 2.05) is 0 Å². The highest BCUT2D eigenvalue weighted by Gasteiger charge is 2.13. The number of nitrogens with zero attached hydrogens (tertiary/aromatic N) is 1. The van der Waals surface area contributed by atoms with Crippen molar-refractivity contribution < 1.29 is 54.1 Å². The maximum Gasteiger partial charge on any atom is 0.407 e. The monoisotopic (exact) mass is 622 g/mol. The molecule has 14 nitrogen and oxygen atoms in total. The van der Waals surface area contributed by atoms with E-state index in [0.29, 0.717) is 40.5 Å². The smallest absolute Gasteiger partial charge is 0.407 e. The number of carbonyl (C=O) groups excluding carboxylic acids is 1. The first-order chi connectivity index (χ1) is 21.6. The Morgan fingerprint density at radius 2 is 1.18 bits per heavy atom. The predicted octanol–water partition coefficient (Wildman–Crippen LogP) is 5.06. The van der Waals surface area contributed by atoms with Crippen molar-refractivity contribution >= 4 is 6.09 Å². The Balaban J connectivity index is 1.54. The average molecular weight is 623 g/mol. The van der Waals surface area contributed by atoms with Crippen LogP contribution in [0.25, 0.3) is 0 Å². The van der Waals surface area contributed by atoms with Crippen LogP contribution < -0.4 is 24.4 Å². The summed E-state index contributed by atoms with van der Waals surface area (Å²) in [6.45, 7) is 1.71. The van der Waals surface area contributed by atoms with Crippen LogP contribution >= 0.6 is 0 Å². The van der Waals surface area contributed by atoms with Gasteiger partial charge in [-0.1, -0.05) is 0 Å². The molecular weight excluding hydrogens is 592 g/mol. The number of rotatable bonds is 14. The molecule has 45 heavy (non-hydrogen) atoms. The number of carbonyl (C=O) groups is 1. The van der Waals surface area contributed by atoms with Gasteiger partial charge in [-0.15, -0.1) is 10.1 Å². The van der Waals surface area contributed by atoms with Crippen LogP contribution in [0.5, 0.6) is 46.0 Å². The maximum absolute atomic E-state index is 11.8. The molecule has 0 spiro atoms. The molecule has 0 aromatic heterocycles. The van der Waals surface area contributed by atoms with E-state index in [-0.39, 0.29) is 60.7 Å². The summed E-state index contributed by atoms with van der Waals surface area (Å²) >= 11 is 0. The third kappa shape index (κ3) is 10.0. The lowest BCUT2D eigenvalue weighted by atomic mass is 10.2. The van der Waals surface area contributed by atoms with Crippen molar-refractivity contribution in [1.29, 1.82) is 0 Å². The molecular formula is C31H30N2O12. The molecule has 0 saturated carbocycles. The molecule has 0 radical (unpaired) electrons. The van der Waals surface area contributed by atoms with Gasteiger partial charge < -0.3 is 44.7 Å². The molecule has 5 N–H and O–H groups in total. The summed E-state index contributed by atoms with van der Waals surface area (Å²) in [5.74, 6) is 0.383. The van der Waals surface area contributed by atoms with Crippen LogP contribution in [-0.4, -0.2) is 38.2 Å². The molecule has 4 rings (SSSR count). The summed E-state index contributed by atoms with van der Waals surface area (Å²) in [4.78, 5) is 27.3. The molecule has 4 aromatic rings. The zero-order valence-corrected chi connectivity index (χ0v) is 24.0. The van der Waals surface area contributed by atoms with E-state index < -0.39 is 11.2 Å². The van der Waals surface area contributed by atoms with Crippen molar-refractivity contribution in [2.24, 2.45) is 0 Å². The molecule has 0 aliphatic carbocycles. The van der Waals surface area contributed by atoms with Gasteiger partial charge in [-0.3, -0.25) is 4.84 Å². The lowest BCUT2D eigenvalue weighted by Crippen LogP contribution is -2.23. The first-order valence-corrected chi connectivity index (χ1v) is 13.5. The van der Waals surface area contributed by atoms with Crippen molar-refractivity contribution in [2.45, 2.75) is 33.4 Å². The second-order valence-electron chi connectivity index (χ2n) is 9.58. The van der Waals surface area contributed by atoms with Gasteiger partial charge >= 0.3 is 6.09 Å². The predicted molar refractivity (Wildman–Crippen MR) is 157 cm³/mol. The fourth-order valence-corrected chi connectivity index (χ4v) is 4.13. The first-order valence-electron chi connectivity index (χ1n) is 13.5. The number of phenolic OH excluding ortho intramolecular Hbond substituents is 4. The summed E-state index contributed by atoms with van der Waals surface area (Å²) in [6.07, 6.45) is -0.706. The van der Waals surface area contributed by atoms with Crippen LogP contribution in [0.3, 0.4) is 0 Å². The fraction of sp³-hybridized carbons (Fsp3) is 0.194. The third-order valence-electron chi connectivity index (χ3n) is 5.97. The highest BCUT2D eigenvalue weighted by atomic mass is 17.0. The van der Waals surface area contributed by atoms with Crippen LogP contribution in [-0.2, 0) is 31.2 Å². The Morgan fingerprint density at radius 3 is 1.67 bits per heavy atom. The minimum absolute atomic E-state index is 0.000975. The number of phenols is 4. The molecule has 1 amide bonds. The molecule has 0 heterocycles. The Kier molecular flexibility index (Phi) is 10.6. The van der Waals surface area contributed by atoms with E-state index in [9.17, 15) is 35.3 Å². The summed E-state index contributed by atoms with van der Waals surface area (Å²) < 4.78 is 22.8. The lowest BCUT2D eigenvalue weighted by Gasteiger charge is -2.15. The van der Waals surface area contributed by atoms with Gasteiger partial charge in [0.25, 0.3) is 5.09 Å². The molecule has 0 aliphatic heterocycles. The van der Waals surface area contributed by atoms with Gasteiger partial charge in [0, 0.05) is 30.3 Å². The van der Waals surface area contributed by atoms with Gasteiger partial charge in [-0.05, 0) is 78.2 Å². The number of benzene rings is 4. The number of hydrogen-bond acceptors (Lipinski definition) is 12. The molecule has 0 bridgehead atoms. The van der Waals surface area contributed by atoms with E-state index in [0.717, 1.165) is 0 Å². The van der Waals surface area contributed by atoms with Gasteiger partial charge in [0.1, 0.15) is 72.4 Å². The molecule has 0 saturated heterocycles. The van der Waals surface area contributed by atoms with E-state index in [1.165, 1.54) is 54.6 Å². The molecule has 14 heteroatoms. The number of ether oxygens (including phenoxy) is 4. The maximum atomic E-state index is 11.8. The van der Waals surface area contributed by atoms with Crippen LogP contribution in [0.1, 0.15) is 29.2 Å². The largest absolute Gasteiger partial charge is 0.508 e. The molecule has 0 unspecified atom stereocenters.